The summed E-state index contributed by atoms with van der Waals surface area (Å²) >= 11 is 0. The van der Waals surface area contributed by atoms with Crippen molar-refractivity contribution in [2.24, 2.45) is 10.5 Å². The Hall–Kier alpha value is -4.24. The standard InChI is InChI=1S/C30H31N5O3S/c1-20-11-17-24(18-12-20)39(37,38)33-31-29-28(36)26-25(19-30(29,2)3)32-35(23-9-7-6-8-10-23)27(26)21-13-15-22(16-14-21)34(4)5/h6-18,33H,19H2,1-5H3/b31-29-. The Morgan fingerprint density at radius 3 is 2.21 bits per heavy atom. The van der Waals surface area contributed by atoms with Crippen molar-refractivity contribution in [1.29, 1.82) is 0 Å². The van der Waals surface area contributed by atoms with Crippen LogP contribution >= 0.6 is 0 Å². The van der Waals surface area contributed by atoms with Gasteiger partial charge in [-0.25, -0.2) is 4.68 Å². The Balaban J connectivity index is 1.63. The normalized spacial score (nSPS) is 15.7. The number of benzene rings is 3. The molecular formula is C30H31N5O3S. The quantitative estimate of drug-likeness (QED) is 0.346. The van der Waals surface area contributed by atoms with E-state index in [2.05, 4.69) is 9.93 Å². The van der Waals surface area contributed by atoms with E-state index in [-0.39, 0.29) is 16.4 Å². The first-order valence-electron chi connectivity index (χ1n) is 12.6. The zero-order valence-corrected chi connectivity index (χ0v) is 23.5. The van der Waals surface area contributed by atoms with Crippen molar-refractivity contribution < 1.29 is 13.2 Å². The first kappa shape index (κ1) is 26.4. The molecule has 4 aromatic rings. The van der Waals surface area contributed by atoms with E-state index in [0.29, 0.717) is 23.4 Å². The average Bonchev–Trinajstić information content (AvgIpc) is 3.27. The van der Waals surface area contributed by atoms with Gasteiger partial charge in [-0.15, -0.1) is 0 Å². The Bertz CT molecular complexity index is 1670. The van der Waals surface area contributed by atoms with Crippen LogP contribution in [0, 0.1) is 12.3 Å². The van der Waals surface area contributed by atoms with E-state index in [1.54, 1.807) is 16.8 Å². The predicted octanol–water partition coefficient (Wildman–Crippen LogP) is 5.01. The van der Waals surface area contributed by atoms with Gasteiger partial charge in [-0.1, -0.05) is 61.9 Å². The number of rotatable bonds is 6. The van der Waals surface area contributed by atoms with E-state index in [0.717, 1.165) is 22.5 Å². The summed E-state index contributed by atoms with van der Waals surface area (Å²) in [5.41, 5.74) is 4.75. The SMILES string of the molecule is Cc1ccc(S(=O)(=O)N/N=C2/C(=O)c3c(nn(-c4ccccc4)c3-c3ccc(N(C)C)cc3)CC2(C)C)cc1. The lowest BCUT2D eigenvalue weighted by atomic mass is 9.73. The summed E-state index contributed by atoms with van der Waals surface area (Å²) in [6, 6.07) is 24.0. The molecule has 8 nitrogen and oxygen atoms in total. The zero-order chi connectivity index (χ0) is 27.9. The minimum absolute atomic E-state index is 0.0813. The molecule has 1 aliphatic rings. The highest BCUT2D eigenvalue weighted by molar-refractivity contribution is 7.89. The van der Waals surface area contributed by atoms with Crippen molar-refractivity contribution in [2.45, 2.75) is 32.1 Å². The molecule has 39 heavy (non-hydrogen) atoms. The van der Waals surface area contributed by atoms with Crippen LogP contribution in [0.3, 0.4) is 0 Å². The fourth-order valence-electron chi connectivity index (χ4n) is 4.77. The molecule has 1 N–H and O–H groups in total. The highest BCUT2D eigenvalue weighted by Crippen LogP contribution is 2.39. The summed E-state index contributed by atoms with van der Waals surface area (Å²) in [5, 5.41) is 9.12. The number of ketones is 1. The molecule has 0 saturated carbocycles. The number of hydrogen-bond donors (Lipinski definition) is 1. The minimum Gasteiger partial charge on any atom is -0.378 e. The van der Waals surface area contributed by atoms with Gasteiger partial charge >= 0.3 is 0 Å². The number of aromatic nitrogens is 2. The number of nitrogens with zero attached hydrogens (tertiary/aromatic N) is 4. The van der Waals surface area contributed by atoms with Crippen LogP contribution in [0.25, 0.3) is 16.9 Å². The molecule has 0 spiro atoms. The lowest BCUT2D eigenvalue weighted by molar-refractivity contribution is 0.104. The van der Waals surface area contributed by atoms with Crippen LogP contribution in [0.1, 0.15) is 35.5 Å². The molecule has 0 fully saturated rings. The number of fused-ring (bicyclic) bond motifs is 1. The van der Waals surface area contributed by atoms with Crippen molar-refractivity contribution in [3.63, 3.8) is 0 Å². The van der Waals surface area contributed by atoms with Gasteiger partial charge in [0.2, 0.25) is 5.78 Å². The van der Waals surface area contributed by atoms with Crippen LogP contribution in [0.4, 0.5) is 5.69 Å². The lowest BCUT2D eigenvalue weighted by Crippen LogP contribution is -2.40. The molecule has 3 aromatic carbocycles. The first-order valence-corrected chi connectivity index (χ1v) is 14.1. The van der Waals surface area contributed by atoms with Crippen LogP contribution in [-0.4, -0.2) is 43.8 Å². The first-order chi connectivity index (χ1) is 18.5. The van der Waals surface area contributed by atoms with Crippen LogP contribution in [0.15, 0.2) is 88.9 Å². The largest absolute Gasteiger partial charge is 0.378 e. The van der Waals surface area contributed by atoms with Gasteiger partial charge < -0.3 is 4.90 Å². The molecule has 0 saturated heterocycles. The van der Waals surface area contributed by atoms with E-state index in [1.807, 2.05) is 94.4 Å². The molecule has 1 aliphatic carbocycles. The lowest BCUT2D eigenvalue weighted by Gasteiger charge is -2.29. The molecule has 200 valence electrons. The van der Waals surface area contributed by atoms with E-state index in [1.165, 1.54) is 12.1 Å². The molecule has 1 heterocycles. The van der Waals surface area contributed by atoms with E-state index >= 15 is 0 Å². The van der Waals surface area contributed by atoms with Gasteiger partial charge in [0, 0.05) is 37.2 Å². The third kappa shape index (κ3) is 4.97. The number of aryl methyl sites for hydroxylation is 1. The van der Waals surface area contributed by atoms with E-state index in [9.17, 15) is 13.2 Å². The van der Waals surface area contributed by atoms with Gasteiger partial charge in [-0.3, -0.25) is 4.79 Å². The monoisotopic (exact) mass is 541 g/mol. The van der Waals surface area contributed by atoms with Gasteiger partial charge in [-0.2, -0.15) is 23.4 Å². The van der Waals surface area contributed by atoms with Gasteiger partial charge in [0.15, 0.2) is 0 Å². The second-order valence-electron chi connectivity index (χ2n) is 10.6. The molecule has 5 rings (SSSR count). The molecule has 0 amide bonds. The van der Waals surface area contributed by atoms with Crippen molar-refractivity contribution in [3.8, 4) is 16.9 Å². The van der Waals surface area contributed by atoms with E-state index in [4.69, 9.17) is 5.10 Å². The molecule has 0 atom stereocenters. The average molecular weight is 542 g/mol. The second kappa shape index (κ2) is 9.81. The van der Waals surface area contributed by atoms with Gasteiger partial charge in [0.05, 0.1) is 27.5 Å². The summed E-state index contributed by atoms with van der Waals surface area (Å²) in [4.78, 5) is 18.5. The molecular weight excluding hydrogens is 510 g/mol. The summed E-state index contributed by atoms with van der Waals surface area (Å²) < 4.78 is 27.7. The third-order valence-corrected chi connectivity index (χ3v) is 8.14. The van der Waals surface area contributed by atoms with Crippen molar-refractivity contribution in [3.05, 3.63) is 95.7 Å². The highest BCUT2D eigenvalue weighted by Gasteiger charge is 2.43. The zero-order valence-electron chi connectivity index (χ0n) is 22.6. The van der Waals surface area contributed by atoms with Gasteiger partial charge in [0.25, 0.3) is 10.0 Å². The molecule has 0 aliphatic heterocycles. The Morgan fingerprint density at radius 1 is 0.949 bits per heavy atom. The topological polar surface area (TPSA) is 96.7 Å². The number of anilines is 1. The van der Waals surface area contributed by atoms with Crippen LogP contribution in [0.5, 0.6) is 0 Å². The van der Waals surface area contributed by atoms with Gasteiger partial charge in [-0.05, 0) is 43.3 Å². The molecule has 9 heteroatoms. The van der Waals surface area contributed by atoms with Crippen LogP contribution < -0.4 is 9.73 Å². The summed E-state index contributed by atoms with van der Waals surface area (Å²) in [6.45, 7) is 5.63. The Labute approximate surface area is 229 Å². The van der Waals surface area contributed by atoms with Gasteiger partial charge in [0.1, 0.15) is 5.71 Å². The number of Topliss-reactive ketones (excluding diaryl/α,β-unsaturated/α-hetero) is 1. The number of hydrogen-bond acceptors (Lipinski definition) is 6. The maximum Gasteiger partial charge on any atom is 0.276 e. The fraction of sp³-hybridized carbons (Fsp3) is 0.233. The van der Waals surface area contributed by atoms with E-state index < -0.39 is 15.4 Å². The molecule has 0 radical (unpaired) electrons. The number of hydrazone groups is 1. The van der Waals surface area contributed by atoms with Crippen molar-refractivity contribution in [1.82, 2.24) is 14.6 Å². The maximum absolute atomic E-state index is 14.1. The number of para-hydroxylation sites is 1. The number of sulfonamides is 1. The number of nitrogens with one attached hydrogen (secondary N) is 1. The molecule has 0 unspecified atom stereocenters. The summed E-state index contributed by atoms with van der Waals surface area (Å²) in [5.74, 6) is -0.346. The number of carbonyl (C=O) groups is 1. The fourth-order valence-corrected chi connectivity index (χ4v) is 5.58. The van der Waals surface area contributed by atoms with Crippen LogP contribution in [-0.2, 0) is 16.4 Å². The molecule has 1 aromatic heterocycles. The number of carbonyl (C=O) groups excluding carboxylic acids is 1. The predicted molar refractivity (Wildman–Crippen MR) is 154 cm³/mol. The Kier molecular flexibility index (Phi) is 6.64. The summed E-state index contributed by atoms with van der Waals surface area (Å²) in [7, 11) is -0.0169. The van der Waals surface area contributed by atoms with Crippen molar-refractivity contribution in [2.75, 3.05) is 19.0 Å². The maximum atomic E-state index is 14.1. The summed E-state index contributed by atoms with van der Waals surface area (Å²) in [6.07, 6.45) is 0.418. The molecule has 0 bridgehead atoms. The van der Waals surface area contributed by atoms with Crippen molar-refractivity contribution >= 4 is 27.2 Å². The highest BCUT2D eigenvalue weighted by atomic mass is 32.2. The third-order valence-electron chi connectivity index (χ3n) is 6.92. The van der Waals surface area contributed by atoms with Crippen LogP contribution in [0.2, 0.25) is 0 Å². The smallest absolute Gasteiger partial charge is 0.276 e. The second-order valence-corrected chi connectivity index (χ2v) is 12.3. The minimum atomic E-state index is -3.96. The Morgan fingerprint density at radius 2 is 1.59 bits per heavy atom.